The van der Waals surface area contributed by atoms with Gasteiger partial charge in [0.05, 0.1) is 0 Å². The zero-order valence-electron chi connectivity index (χ0n) is 16.9. The normalized spacial score (nSPS) is 17.6. The Bertz CT molecular complexity index is 777. The van der Waals surface area contributed by atoms with E-state index in [0.29, 0.717) is 30.3 Å². The van der Waals surface area contributed by atoms with Crippen LogP contribution in [0.3, 0.4) is 0 Å². The molecule has 28 heavy (non-hydrogen) atoms. The number of rotatable bonds is 8. The number of benzene rings is 1. The summed E-state index contributed by atoms with van der Waals surface area (Å²) < 4.78 is 18.7. The summed E-state index contributed by atoms with van der Waals surface area (Å²) in [6.07, 6.45) is 5.12. The molecule has 3 rings (SSSR count). The van der Waals surface area contributed by atoms with Gasteiger partial charge in [-0.25, -0.2) is 9.37 Å². The minimum atomic E-state index is -0.176. The van der Waals surface area contributed by atoms with Gasteiger partial charge in [0, 0.05) is 32.6 Å². The summed E-state index contributed by atoms with van der Waals surface area (Å²) >= 11 is 0. The molecule has 1 aromatic carbocycles. The molecule has 0 aliphatic carbocycles. The van der Waals surface area contributed by atoms with Gasteiger partial charge in [0.2, 0.25) is 0 Å². The first kappa shape index (κ1) is 20.5. The Morgan fingerprint density at radius 2 is 2.25 bits per heavy atom. The molecule has 1 fully saturated rings. The van der Waals surface area contributed by atoms with E-state index in [9.17, 15) is 9.18 Å². The van der Waals surface area contributed by atoms with Crippen LogP contribution in [0.1, 0.15) is 48.5 Å². The predicted octanol–water partition coefficient (Wildman–Crippen LogP) is 3.79. The van der Waals surface area contributed by atoms with Crippen molar-refractivity contribution in [3.05, 3.63) is 53.5 Å². The Balaban J connectivity index is 1.55. The van der Waals surface area contributed by atoms with Crippen molar-refractivity contribution in [1.82, 2.24) is 14.8 Å². The van der Waals surface area contributed by atoms with Gasteiger partial charge in [0.25, 0.3) is 5.91 Å². The third-order valence-corrected chi connectivity index (χ3v) is 5.52. The fraction of sp³-hybridized carbons (Fsp3) is 0.545. The molecule has 152 valence electrons. The van der Waals surface area contributed by atoms with Crippen LogP contribution >= 0.6 is 0 Å². The average Bonchev–Trinajstić information content (AvgIpc) is 3.19. The molecule has 1 saturated heterocycles. The zero-order valence-corrected chi connectivity index (χ0v) is 16.9. The molecule has 2 aromatic rings. The molecule has 1 atom stereocenters. The Kier molecular flexibility index (Phi) is 7.20. The van der Waals surface area contributed by atoms with E-state index in [1.165, 1.54) is 12.5 Å². The second kappa shape index (κ2) is 9.82. The standard InChI is InChI=1S/C22H30FN3O2/c1-3-20-21(24-16-28-20)22(27)26(4-2)15-18-8-6-11-25(14-18)12-10-17-7-5-9-19(23)13-17/h5,7,9,13,16,18H,3-4,6,8,10-12,14-15H2,1-2H3/t18-/m1/s1. The van der Waals surface area contributed by atoms with Crippen molar-refractivity contribution in [1.29, 1.82) is 0 Å². The lowest BCUT2D eigenvalue weighted by molar-refractivity contribution is 0.0683. The van der Waals surface area contributed by atoms with E-state index in [1.807, 2.05) is 24.8 Å². The molecule has 1 aliphatic rings. The maximum Gasteiger partial charge on any atom is 0.276 e. The van der Waals surface area contributed by atoms with Gasteiger partial charge in [-0.05, 0) is 56.3 Å². The third-order valence-electron chi connectivity index (χ3n) is 5.52. The molecule has 2 heterocycles. The molecule has 0 saturated carbocycles. The molecule has 5 nitrogen and oxygen atoms in total. The first-order valence-electron chi connectivity index (χ1n) is 10.3. The van der Waals surface area contributed by atoms with Gasteiger partial charge < -0.3 is 14.2 Å². The van der Waals surface area contributed by atoms with Gasteiger partial charge in [0.15, 0.2) is 12.1 Å². The van der Waals surface area contributed by atoms with E-state index in [4.69, 9.17) is 4.42 Å². The number of nitrogens with zero attached hydrogens (tertiary/aromatic N) is 3. The van der Waals surface area contributed by atoms with Gasteiger partial charge in [-0.15, -0.1) is 0 Å². The van der Waals surface area contributed by atoms with E-state index in [-0.39, 0.29) is 11.7 Å². The first-order valence-corrected chi connectivity index (χ1v) is 10.3. The number of aryl methyl sites for hydroxylation is 1. The average molecular weight is 387 g/mol. The number of aromatic nitrogens is 1. The summed E-state index contributed by atoms with van der Waals surface area (Å²) in [6, 6.07) is 6.84. The van der Waals surface area contributed by atoms with Crippen molar-refractivity contribution in [2.75, 3.05) is 32.7 Å². The lowest BCUT2D eigenvalue weighted by Crippen LogP contribution is -2.43. The summed E-state index contributed by atoms with van der Waals surface area (Å²) in [4.78, 5) is 21.3. The summed E-state index contributed by atoms with van der Waals surface area (Å²) in [5, 5.41) is 0. The molecule has 1 aliphatic heterocycles. The quantitative estimate of drug-likeness (QED) is 0.691. The molecule has 0 spiro atoms. The monoisotopic (exact) mass is 387 g/mol. The number of carbonyl (C=O) groups excluding carboxylic acids is 1. The molecule has 1 aromatic heterocycles. The fourth-order valence-electron chi connectivity index (χ4n) is 4.00. The van der Waals surface area contributed by atoms with Crippen molar-refractivity contribution >= 4 is 5.91 Å². The largest absolute Gasteiger partial charge is 0.448 e. The van der Waals surface area contributed by atoms with E-state index in [0.717, 1.165) is 51.0 Å². The number of piperidine rings is 1. The van der Waals surface area contributed by atoms with Crippen LogP contribution in [0.5, 0.6) is 0 Å². The minimum absolute atomic E-state index is 0.0371. The van der Waals surface area contributed by atoms with E-state index < -0.39 is 0 Å². The number of oxazole rings is 1. The molecule has 0 radical (unpaired) electrons. The van der Waals surface area contributed by atoms with E-state index in [2.05, 4.69) is 9.88 Å². The molecule has 1 amide bonds. The SMILES string of the molecule is CCc1ocnc1C(=O)N(CC)C[C@@H]1CCCN(CCc2cccc(F)c2)C1. The van der Waals surface area contributed by atoms with Crippen LogP contribution in [-0.2, 0) is 12.8 Å². The Labute approximate surface area is 166 Å². The Hall–Kier alpha value is -2.21. The smallest absolute Gasteiger partial charge is 0.276 e. The van der Waals surface area contributed by atoms with E-state index in [1.54, 1.807) is 12.1 Å². The lowest BCUT2D eigenvalue weighted by Gasteiger charge is -2.35. The van der Waals surface area contributed by atoms with Gasteiger partial charge >= 0.3 is 0 Å². The van der Waals surface area contributed by atoms with Crippen molar-refractivity contribution in [3.8, 4) is 0 Å². The molecule has 6 heteroatoms. The van der Waals surface area contributed by atoms with Crippen molar-refractivity contribution < 1.29 is 13.6 Å². The third kappa shape index (κ3) is 5.19. The van der Waals surface area contributed by atoms with Crippen LogP contribution in [0.25, 0.3) is 0 Å². The first-order chi connectivity index (χ1) is 13.6. The topological polar surface area (TPSA) is 49.6 Å². The van der Waals surface area contributed by atoms with Crippen molar-refractivity contribution in [2.24, 2.45) is 5.92 Å². The highest BCUT2D eigenvalue weighted by atomic mass is 19.1. The molecule has 0 bridgehead atoms. The van der Waals surface area contributed by atoms with Crippen molar-refractivity contribution in [2.45, 2.75) is 39.5 Å². The van der Waals surface area contributed by atoms with Crippen LogP contribution < -0.4 is 0 Å². The van der Waals surface area contributed by atoms with Gasteiger partial charge in [0.1, 0.15) is 11.6 Å². The molecular weight excluding hydrogens is 357 g/mol. The molecule has 0 unspecified atom stereocenters. The number of hydrogen-bond acceptors (Lipinski definition) is 4. The Morgan fingerprint density at radius 1 is 1.39 bits per heavy atom. The van der Waals surface area contributed by atoms with E-state index >= 15 is 0 Å². The highest BCUT2D eigenvalue weighted by molar-refractivity contribution is 5.93. The zero-order chi connectivity index (χ0) is 19.9. The minimum Gasteiger partial charge on any atom is -0.448 e. The second-order valence-corrected chi connectivity index (χ2v) is 7.51. The van der Waals surface area contributed by atoms with Crippen LogP contribution in [0.2, 0.25) is 0 Å². The summed E-state index contributed by atoms with van der Waals surface area (Å²) in [6.45, 7) is 8.33. The summed E-state index contributed by atoms with van der Waals surface area (Å²) in [5.74, 6) is 0.890. The number of carbonyl (C=O) groups is 1. The lowest BCUT2D eigenvalue weighted by atomic mass is 9.96. The van der Waals surface area contributed by atoms with Crippen LogP contribution in [0.15, 0.2) is 35.1 Å². The maximum atomic E-state index is 13.4. The summed E-state index contributed by atoms with van der Waals surface area (Å²) in [7, 11) is 0. The highest BCUT2D eigenvalue weighted by Gasteiger charge is 2.26. The number of halogens is 1. The Morgan fingerprint density at radius 3 is 3.00 bits per heavy atom. The van der Waals surface area contributed by atoms with Crippen LogP contribution in [-0.4, -0.2) is 53.4 Å². The summed E-state index contributed by atoms with van der Waals surface area (Å²) in [5.41, 5.74) is 1.48. The highest BCUT2D eigenvalue weighted by Crippen LogP contribution is 2.20. The van der Waals surface area contributed by atoms with Gasteiger partial charge in [-0.1, -0.05) is 19.1 Å². The number of likely N-dealkylation sites (tertiary alicyclic amines) is 1. The fourth-order valence-corrected chi connectivity index (χ4v) is 4.00. The van der Waals surface area contributed by atoms with Crippen LogP contribution in [0, 0.1) is 11.7 Å². The number of amides is 1. The van der Waals surface area contributed by atoms with Gasteiger partial charge in [-0.3, -0.25) is 4.79 Å². The molecular formula is C22H30FN3O2. The molecule has 0 N–H and O–H groups in total. The second-order valence-electron chi connectivity index (χ2n) is 7.51. The number of hydrogen-bond donors (Lipinski definition) is 0. The van der Waals surface area contributed by atoms with Crippen molar-refractivity contribution in [3.63, 3.8) is 0 Å². The van der Waals surface area contributed by atoms with Crippen LogP contribution in [0.4, 0.5) is 4.39 Å². The van der Waals surface area contributed by atoms with Gasteiger partial charge in [-0.2, -0.15) is 0 Å². The predicted molar refractivity (Wildman–Crippen MR) is 107 cm³/mol. The maximum absolute atomic E-state index is 13.4.